The van der Waals surface area contributed by atoms with Crippen LogP contribution in [0.5, 0.6) is 0 Å². The third-order valence-electron chi connectivity index (χ3n) is 0.377. The topological polar surface area (TPSA) is 72.8 Å². The molecule has 0 fully saturated rings. The molecule has 5 nitrogen and oxygen atoms in total. The molecule has 0 aliphatic carbocycles. The van der Waals surface area contributed by atoms with E-state index in [1.807, 2.05) is 0 Å². The standard InChI is InChI=1S/C2H4O5S2/c1-6-9(5,8)7-2(3)4/h1H3,(H,3,4). The SMILES string of the molecule is COS(=O)(=S)OC(=O)O. The van der Waals surface area contributed by atoms with E-state index < -0.39 is 15.2 Å². The summed E-state index contributed by atoms with van der Waals surface area (Å²) in [6.45, 7) is 0. The van der Waals surface area contributed by atoms with Gasteiger partial charge < -0.3 is 9.29 Å². The van der Waals surface area contributed by atoms with E-state index in [0.717, 1.165) is 7.11 Å². The minimum Gasteiger partial charge on any atom is -0.449 e. The molecule has 0 spiro atoms. The second-order valence-corrected chi connectivity index (χ2v) is 3.47. The fourth-order valence-corrected chi connectivity index (χ4v) is 0.539. The van der Waals surface area contributed by atoms with Crippen molar-refractivity contribution in [1.29, 1.82) is 0 Å². The lowest BCUT2D eigenvalue weighted by molar-refractivity contribution is 0.143. The van der Waals surface area contributed by atoms with Crippen molar-refractivity contribution in [3.05, 3.63) is 0 Å². The maximum atomic E-state index is 10.4. The van der Waals surface area contributed by atoms with Crippen LogP contribution in [0.2, 0.25) is 0 Å². The molecule has 1 atom stereocenters. The zero-order valence-electron chi connectivity index (χ0n) is 4.40. The molecular weight excluding hydrogens is 168 g/mol. The van der Waals surface area contributed by atoms with E-state index >= 15 is 0 Å². The summed E-state index contributed by atoms with van der Waals surface area (Å²) in [6, 6.07) is 0. The second-order valence-electron chi connectivity index (χ2n) is 0.924. The van der Waals surface area contributed by atoms with Gasteiger partial charge in [0.1, 0.15) is 0 Å². The zero-order chi connectivity index (χ0) is 7.49. The zero-order valence-corrected chi connectivity index (χ0v) is 6.03. The van der Waals surface area contributed by atoms with Gasteiger partial charge in [-0.2, -0.15) is 4.21 Å². The van der Waals surface area contributed by atoms with Gasteiger partial charge in [0.25, 0.3) is 0 Å². The maximum Gasteiger partial charge on any atom is 0.521 e. The molecule has 1 unspecified atom stereocenters. The molecular formula is C2H4O5S2. The maximum absolute atomic E-state index is 10.4. The van der Waals surface area contributed by atoms with Crippen LogP contribution >= 0.6 is 0 Å². The summed E-state index contributed by atoms with van der Waals surface area (Å²) >= 11 is 4.02. The van der Waals surface area contributed by atoms with Crippen LogP contribution in [0.1, 0.15) is 0 Å². The van der Waals surface area contributed by atoms with Gasteiger partial charge in [0.2, 0.25) is 0 Å². The first kappa shape index (κ1) is 8.60. The van der Waals surface area contributed by atoms with Crippen molar-refractivity contribution >= 4 is 26.4 Å². The summed E-state index contributed by atoms with van der Waals surface area (Å²) in [5, 5.41) is 7.83. The minimum absolute atomic E-state index is 0.998. The highest BCUT2D eigenvalue weighted by Crippen LogP contribution is 1.93. The lowest BCUT2D eigenvalue weighted by Gasteiger charge is -1.98. The molecule has 0 saturated heterocycles. The van der Waals surface area contributed by atoms with Crippen LogP contribution in [-0.4, -0.2) is 22.6 Å². The molecule has 0 bridgehead atoms. The van der Waals surface area contributed by atoms with Crippen LogP contribution < -0.4 is 0 Å². The predicted molar refractivity (Wildman–Crippen MR) is 31.6 cm³/mol. The summed E-state index contributed by atoms with van der Waals surface area (Å²) < 4.78 is 18.0. The monoisotopic (exact) mass is 172 g/mol. The van der Waals surface area contributed by atoms with Gasteiger partial charge in [0, 0.05) is 0 Å². The van der Waals surface area contributed by atoms with E-state index in [1.54, 1.807) is 0 Å². The van der Waals surface area contributed by atoms with Crippen LogP contribution in [0.25, 0.3) is 0 Å². The first-order valence-corrected chi connectivity index (χ1v) is 4.04. The van der Waals surface area contributed by atoms with E-state index in [2.05, 4.69) is 19.6 Å². The molecule has 0 radical (unpaired) electrons. The summed E-state index contributed by atoms with van der Waals surface area (Å²) in [6.07, 6.45) is -1.71. The smallest absolute Gasteiger partial charge is 0.449 e. The van der Waals surface area contributed by atoms with E-state index in [0.29, 0.717) is 0 Å². The summed E-state index contributed by atoms with van der Waals surface area (Å²) in [7, 11) is -2.49. The molecule has 7 heteroatoms. The molecule has 0 heterocycles. The third kappa shape index (κ3) is 4.13. The Kier molecular flexibility index (Phi) is 2.82. The fourth-order valence-electron chi connectivity index (χ4n) is 0.121. The average molecular weight is 172 g/mol. The summed E-state index contributed by atoms with van der Waals surface area (Å²) in [4.78, 5) is 9.63. The lowest BCUT2D eigenvalue weighted by Crippen LogP contribution is -2.10. The van der Waals surface area contributed by atoms with E-state index in [-0.39, 0.29) is 0 Å². The van der Waals surface area contributed by atoms with Crippen molar-refractivity contribution < 1.29 is 22.5 Å². The molecule has 0 aliphatic heterocycles. The minimum atomic E-state index is -3.48. The molecule has 0 aliphatic rings. The Hall–Kier alpha value is -0.400. The molecule has 9 heavy (non-hydrogen) atoms. The lowest BCUT2D eigenvalue weighted by atomic mass is 11.5. The van der Waals surface area contributed by atoms with Gasteiger partial charge in [0.05, 0.1) is 18.3 Å². The molecule has 0 saturated carbocycles. The van der Waals surface area contributed by atoms with E-state index in [1.165, 1.54) is 0 Å². The molecule has 54 valence electrons. The Morgan fingerprint density at radius 1 is 1.78 bits per heavy atom. The molecule has 0 rings (SSSR count). The van der Waals surface area contributed by atoms with Crippen LogP contribution in [0, 0.1) is 0 Å². The normalized spacial score (nSPS) is 16.1. The van der Waals surface area contributed by atoms with Crippen molar-refractivity contribution in [3.8, 4) is 0 Å². The van der Waals surface area contributed by atoms with Gasteiger partial charge in [-0.3, -0.25) is 4.18 Å². The van der Waals surface area contributed by atoms with Crippen molar-refractivity contribution in [2.75, 3.05) is 7.11 Å². The number of hydrogen-bond acceptors (Lipinski definition) is 5. The van der Waals surface area contributed by atoms with Crippen LogP contribution in [-0.2, 0) is 28.6 Å². The molecule has 0 aromatic heterocycles. The first-order chi connectivity index (χ1) is 3.98. The van der Waals surface area contributed by atoms with Gasteiger partial charge in [-0.05, 0) is 0 Å². The van der Waals surface area contributed by atoms with Gasteiger partial charge >= 0.3 is 15.2 Å². The Bertz CT molecular complexity index is 191. The van der Waals surface area contributed by atoms with Gasteiger partial charge in [-0.1, -0.05) is 0 Å². The van der Waals surface area contributed by atoms with Gasteiger partial charge in [-0.25, -0.2) is 4.79 Å². The van der Waals surface area contributed by atoms with Gasteiger partial charge in [0.15, 0.2) is 0 Å². The first-order valence-electron chi connectivity index (χ1n) is 1.71. The number of carboxylic acid groups (broad SMARTS) is 1. The highest BCUT2D eigenvalue weighted by molar-refractivity contribution is 8.27. The predicted octanol–water partition coefficient (Wildman–Crippen LogP) is -0.0963. The van der Waals surface area contributed by atoms with Crippen molar-refractivity contribution in [2.24, 2.45) is 0 Å². The Balaban J connectivity index is 4.06. The molecule has 0 aromatic rings. The second kappa shape index (κ2) is 2.95. The highest BCUT2D eigenvalue weighted by atomic mass is 32.9. The number of rotatable bonds is 2. The third-order valence-corrected chi connectivity index (χ3v) is 1.74. The number of carbonyl (C=O) groups is 1. The Morgan fingerprint density at radius 3 is 2.33 bits per heavy atom. The van der Waals surface area contributed by atoms with Crippen molar-refractivity contribution in [2.45, 2.75) is 0 Å². The quantitative estimate of drug-likeness (QED) is 0.627. The highest BCUT2D eigenvalue weighted by Gasteiger charge is 2.08. The van der Waals surface area contributed by atoms with E-state index in [4.69, 9.17) is 5.11 Å². The van der Waals surface area contributed by atoms with Crippen molar-refractivity contribution in [1.82, 2.24) is 0 Å². The Morgan fingerprint density at radius 2 is 2.22 bits per heavy atom. The van der Waals surface area contributed by atoms with Gasteiger partial charge in [-0.15, -0.1) is 0 Å². The largest absolute Gasteiger partial charge is 0.521 e. The van der Waals surface area contributed by atoms with Crippen LogP contribution in [0.4, 0.5) is 4.79 Å². The molecule has 0 aromatic carbocycles. The van der Waals surface area contributed by atoms with Crippen molar-refractivity contribution in [3.63, 3.8) is 0 Å². The van der Waals surface area contributed by atoms with Crippen LogP contribution in [0.3, 0.4) is 0 Å². The summed E-state index contributed by atoms with van der Waals surface area (Å²) in [5.41, 5.74) is 0. The number of hydrogen-bond donors (Lipinski definition) is 1. The fraction of sp³-hybridized carbons (Fsp3) is 0.500. The average Bonchev–Trinajstić information content (AvgIpc) is 1.63. The van der Waals surface area contributed by atoms with Crippen LogP contribution in [0.15, 0.2) is 0 Å². The van der Waals surface area contributed by atoms with E-state index in [9.17, 15) is 9.00 Å². The summed E-state index contributed by atoms with van der Waals surface area (Å²) in [5.74, 6) is 0. The Labute approximate surface area is 56.7 Å². The molecule has 1 N–H and O–H groups in total. The molecule has 0 amide bonds.